The Labute approximate surface area is 129 Å². The van der Waals surface area contributed by atoms with Crippen LogP contribution in [-0.4, -0.2) is 25.5 Å². The van der Waals surface area contributed by atoms with Gasteiger partial charge in [0.05, 0.1) is 4.88 Å². The molecule has 0 radical (unpaired) electrons. The third-order valence-corrected chi connectivity index (χ3v) is 4.92. The molecule has 4 heteroatoms. The van der Waals surface area contributed by atoms with Crippen molar-refractivity contribution in [2.24, 2.45) is 5.92 Å². The third kappa shape index (κ3) is 3.45. The Bertz CT molecular complexity index is 608. The molecule has 1 atom stereocenters. The average molecular weight is 300 g/mol. The van der Waals surface area contributed by atoms with Crippen LogP contribution in [0.4, 0.5) is 5.69 Å². The molecule has 3 rings (SSSR count). The number of aryl methyl sites for hydroxylation is 1. The van der Waals surface area contributed by atoms with E-state index in [9.17, 15) is 4.79 Å². The molecule has 1 unspecified atom stereocenters. The standard InChI is InChI=1S/C17H20N2OS/c1-13-7-8-16(21-13)17(20)18-11-14-9-10-19(12-14)15-5-3-2-4-6-15/h2-8,14H,9-12H2,1H3,(H,18,20). The fourth-order valence-corrected chi connectivity index (χ4v) is 3.54. The molecule has 110 valence electrons. The van der Waals surface area contributed by atoms with Crippen LogP contribution in [0.15, 0.2) is 42.5 Å². The first kappa shape index (κ1) is 14.1. The van der Waals surface area contributed by atoms with Crippen LogP contribution in [-0.2, 0) is 0 Å². The van der Waals surface area contributed by atoms with Crippen molar-refractivity contribution in [3.05, 3.63) is 52.2 Å². The highest BCUT2D eigenvalue weighted by Crippen LogP contribution is 2.23. The number of hydrogen-bond acceptors (Lipinski definition) is 3. The average Bonchev–Trinajstić information content (AvgIpc) is 3.15. The summed E-state index contributed by atoms with van der Waals surface area (Å²) in [4.78, 5) is 16.4. The number of rotatable bonds is 4. The summed E-state index contributed by atoms with van der Waals surface area (Å²) in [5.41, 5.74) is 1.28. The van der Waals surface area contributed by atoms with Crippen LogP contribution in [0.25, 0.3) is 0 Å². The lowest BCUT2D eigenvalue weighted by Gasteiger charge is -2.18. The number of nitrogens with one attached hydrogen (secondary N) is 1. The van der Waals surface area contributed by atoms with Gasteiger partial charge < -0.3 is 10.2 Å². The topological polar surface area (TPSA) is 32.3 Å². The van der Waals surface area contributed by atoms with Crippen molar-refractivity contribution in [2.45, 2.75) is 13.3 Å². The molecular formula is C17H20N2OS. The zero-order valence-corrected chi connectivity index (χ0v) is 13.0. The molecule has 0 bridgehead atoms. The summed E-state index contributed by atoms with van der Waals surface area (Å²) in [7, 11) is 0. The van der Waals surface area contributed by atoms with Crippen molar-refractivity contribution in [1.82, 2.24) is 5.32 Å². The van der Waals surface area contributed by atoms with Gasteiger partial charge in [0.2, 0.25) is 0 Å². The molecule has 21 heavy (non-hydrogen) atoms. The zero-order valence-electron chi connectivity index (χ0n) is 12.2. The number of amides is 1. The van der Waals surface area contributed by atoms with Crippen molar-refractivity contribution in [2.75, 3.05) is 24.5 Å². The van der Waals surface area contributed by atoms with E-state index < -0.39 is 0 Å². The fourth-order valence-electron chi connectivity index (χ4n) is 2.75. The molecule has 1 fully saturated rings. The van der Waals surface area contributed by atoms with Gasteiger partial charge in [-0.2, -0.15) is 0 Å². The maximum Gasteiger partial charge on any atom is 0.261 e. The Morgan fingerprint density at radius 2 is 2.10 bits per heavy atom. The van der Waals surface area contributed by atoms with Gasteiger partial charge in [-0.15, -0.1) is 11.3 Å². The summed E-state index contributed by atoms with van der Waals surface area (Å²) in [5.74, 6) is 0.599. The maximum absolute atomic E-state index is 12.1. The van der Waals surface area contributed by atoms with Crippen molar-refractivity contribution in [3.63, 3.8) is 0 Å². The SMILES string of the molecule is Cc1ccc(C(=O)NCC2CCN(c3ccccc3)C2)s1. The first-order chi connectivity index (χ1) is 10.2. The molecule has 3 nitrogen and oxygen atoms in total. The van der Waals surface area contributed by atoms with Gasteiger partial charge in [-0.05, 0) is 43.5 Å². The van der Waals surface area contributed by atoms with E-state index in [1.165, 1.54) is 10.6 Å². The summed E-state index contributed by atoms with van der Waals surface area (Å²) >= 11 is 1.55. The lowest BCUT2D eigenvalue weighted by Crippen LogP contribution is -2.30. The van der Waals surface area contributed by atoms with Crippen molar-refractivity contribution in [1.29, 1.82) is 0 Å². The molecule has 2 heterocycles. The van der Waals surface area contributed by atoms with Crippen LogP contribution < -0.4 is 10.2 Å². The second kappa shape index (κ2) is 6.31. The molecule has 1 aliphatic heterocycles. The fraction of sp³-hybridized carbons (Fsp3) is 0.353. The van der Waals surface area contributed by atoms with E-state index in [-0.39, 0.29) is 5.91 Å². The van der Waals surface area contributed by atoms with Crippen LogP contribution in [0.2, 0.25) is 0 Å². The van der Waals surface area contributed by atoms with E-state index in [1.54, 1.807) is 11.3 Å². The molecule has 1 aromatic carbocycles. The Morgan fingerprint density at radius 1 is 1.29 bits per heavy atom. The first-order valence-electron chi connectivity index (χ1n) is 7.37. The van der Waals surface area contributed by atoms with E-state index in [0.717, 1.165) is 30.9 Å². The summed E-state index contributed by atoms with van der Waals surface area (Å²) in [6.07, 6.45) is 1.14. The van der Waals surface area contributed by atoms with E-state index in [4.69, 9.17) is 0 Å². The molecule has 2 aromatic rings. The van der Waals surface area contributed by atoms with Gasteiger partial charge in [-0.1, -0.05) is 18.2 Å². The lowest BCUT2D eigenvalue weighted by molar-refractivity contribution is 0.0952. The van der Waals surface area contributed by atoms with Gasteiger partial charge in [0.15, 0.2) is 0 Å². The second-order valence-electron chi connectivity index (χ2n) is 5.56. The molecule has 0 saturated carbocycles. The van der Waals surface area contributed by atoms with Gasteiger partial charge in [0, 0.05) is 30.2 Å². The molecule has 1 aromatic heterocycles. The van der Waals surface area contributed by atoms with Crippen LogP contribution in [0, 0.1) is 12.8 Å². The van der Waals surface area contributed by atoms with Crippen LogP contribution in [0.1, 0.15) is 21.0 Å². The Hall–Kier alpha value is -1.81. The summed E-state index contributed by atoms with van der Waals surface area (Å²) < 4.78 is 0. The Kier molecular flexibility index (Phi) is 4.25. The van der Waals surface area contributed by atoms with Gasteiger partial charge >= 0.3 is 0 Å². The molecule has 1 saturated heterocycles. The highest BCUT2D eigenvalue weighted by molar-refractivity contribution is 7.13. The maximum atomic E-state index is 12.1. The summed E-state index contributed by atoms with van der Waals surface area (Å²) in [6.45, 7) is 4.88. The van der Waals surface area contributed by atoms with E-state index >= 15 is 0 Å². The highest BCUT2D eigenvalue weighted by atomic mass is 32.1. The molecule has 0 aliphatic carbocycles. The number of carbonyl (C=O) groups excluding carboxylic acids is 1. The van der Waals surface area contributed by atoms with Crippen LogP contribution >= 0.6 is 11.3 Å². The molecule has 1 aliphatic rings. The largest absolute Gasteiger partial charge is 0.371 e. The van der Waals surface area contributed by atoms with Crippen LogP contribution in [0.3, 0.4) is 0 Å². The monoisotopic (exact) mass is 300 g/mol. The predicted molar refractivity (Wildman–Crippen MR) is 88.2 cm³/mol. The normalized spacial score (nSPS) is 18.0. The van der Waals surface area contributed by atoms with Crippen LogP contribution in [0.5, 0.6) is 0 Å². The van der Waals surface area contributed by atoms with E-state index in [1.807, 2.05) is 25.1 Å². The minimum atomic E-state index is 0.0614. The van der Waals surface area contributed by atoms with Gasteiger partial charge in [0.1, 0.15) is 0 Å². The Morgan fingerprint density at radius 3 is 2.81 bits per heavy atom. The van der Waals surface area contributed by atoms with Crippen molar-refractivity contribution >= 4 is 22.9 Å². The molecule has 1 amide bonds. The number of para-hydroxylation sites is 1. The van der Waals surface area contributed by atoms with Crippen molar-refractivity contribution in [3.8, 4) is 0 Å². The molecular weight excluding hydrogens is 280 g/mol. The quantitative estimate of drug-likeness (QED) is 0.939. The zero-order chi connectivity index (χ0) is 14.7. The van der Waals surface area contributed by atoms with Gasteiger partial charge in [-0.25, -0.2) is 0 Å². The second-order valence-corrected chi connectivity index (χ2v) is 6.84. The lowest BCUT2D eigenvalue weighted by atomic mass is 10.1. The number of nitrogens with zero attached hydrogens (tertiary/aromatic N) is 1. The van der Waals surface area contributed by atoms with E-state index in [2.05, 4.69) is 34.5 Å². The first-order valence-corrected chi connectivity index (χ1v) is 8.18. The smallest absolute Gasteiger partial charge is 0.261 e. The van der Waals surface area contributed by atoms with Gasteiger partial charge in [0.25, 0.3) is 5.91 Å². The van der Waals surface area contributed by atoms with E-state index in [0.29, 0.717) is 5.92 Å². The number of thiophene rings is 1. The third-order valence-electron chi connectivity index (χ3n) is 3.92. The predicted octanol–water partition coefficient (Wildman–Crippen LogP) is 3.31. The molecule has 1 N–H and O–H groups in total. The minimum absolute atomic E-state index is 0.0614. The number of carbonyl (C=O) groups is 1. The minimum Gasteiger partial charge on any atom is -0.371 e. The highest BCUT2D eigenvalue weighted by Gasteiger charge is 2.23. The Balaban J connectivity index is 1.50. The number of hydrogen-bond donors (Lipinski definition) is 1. The number of anilines is 1. The van der Waals surface area contributed by atoms with Crippen molar-refractivity contribution < 1.29 is 4.79 Å². The molecule has 0 spiro atoms. The summed E-state index contributed by atoms with van der Waals surface area (Å²) in [5, 5.41) is 3.07. The summed E-state index contributed by atoms with van der Waals surface area (Å²) in [6, 6.07) is 14.4. The number of benzene rings is 1. The van der Waals surface area contributed by atoms with Gasteiger partial charge in [-0.3, -0.25) is 4.79 Å².